The summed E-state index contributed by atoms with van der Waals surface area (Å²) in [5.41, 5.74) is 0.719. The molecule has 0 unspecified atom stereocenters. The summed E-state index contributed by atoms with van der Waals surface area (Å²) >= 11 is 2.00. The van der Waals surface area contributed by atoms with Crippen LogP contribution >= 0.6 is 0 Å². The van der Waals surface area contributed by atoms with Crippen LogP contribution in [0.3, 0.4) is 0 Å². The van der Waals surface area contributed by atoms with E-state index < -0.39 is 11.9 Å². The van der Waals surface area contributed by atoms with Gasteiger partial charge in [-0.2, -0.15) is 35.0 Å². The van der Waals surface area contributed by atoms with E-state index in [2.05, 4.69) is 84.9 Å². The van der Waals surface area contributed by atoms with Crippen LogP contribution in [-0.2, 0) is 20.0 Å². The van der Waals surface area contributed by atoms with Gasteiger partial charge in [-0.1, -0.05) is 84.9 Å². The fourth-order valence-electron chi connectivity index (χ4n) is 4.96. The van der Waals surface area contributed by atoms with E-state index in [1.54, 1.807) is 24.3 Å². The first-order chi connectivity index (χ1) is 22.9. The third kappa shape index (κ3) is 9.78. The van der Waals surface area contributed by atoms with Gasteiger partial charge in [-0.3, -0.25) is 0 Å². The first kappa shape index (κ1) is 34.5. The van der Waals surface area contributed by atoms with Crippen LogP contribution in [0.15, 0.2) is 170 Å². The summed E-state index contributed by atoms with van der Waals surface area (Å²) in [6, 6.07) is 54.8. The van der Waals surface area contributed by atoms with Crippen molar-refractivity contribution >= 4 is 59.3 Å². The number of benzene rings is 6. The Kier molecular flexibility index (Phi) is 13.1. The number of carboxylic acids is 2. The Morgan fingerprint density at radius 3 is 1.17 bits per heavy atom. The zero-order valence-electron chi connectivity index (χ0n) is 26.0. The van der Waals surface area contributed by atoms with Gasteiger partial charge in [0.25, 0.3) is 0 Å². The molecule has 8 aromatic carbocycles. The summed E-state index contributed by atoms with van der Waals surface area (Å²) in [4.78, 5) is 21.6. The van der Waals surface area contributed by atoms with Gasteiger partial charge in [0.1, 0.15) is 0 Å². The van der Waals surface area contributed by atoms with Crippen molar-refractivity contribution in [1.29, 1.82) is 0 Å². The fraction of sp³-hybridized carbons (Fsp3) is 0.0238. The minimum Gasteiger partial charge on any atom is -0.478 e. The molecular formula is C42H34O4Ti. The van der Waals surface area contributed by atoms with E-state index in [0.29, 0.717) is 11.1 Å². The molecule has 8 rings (SSSR count). The molecule has 0 atom stereocenters. The van der Waals surface area contributed by atoms with Crippen molar-refractivity contribution in [3.63, 3.8) is 0 Å². The topological polar surface area (TPSA) is 74.6 Å². The van der Waals surface area contributed by atoms with Gasteiger partial charge in [0.15, 0.2) is 0 Å². The molecule has 0 radical (unpaired) electrons. The summed E-state index contributed by atoms with van der Waals surface area (Å²) in [6.07, 6.45) is 0. The molecule has 0 amide bonds. The van der Waals surface area contributed by atoms with Gasteiger partial charge < -0.3 is 10.2 Å². The molecule has 8 aromatic rings. The number of rotatable bonds is 2. The van der Waals surface area contributed by atoms with Crippen LogP contribution in [-0.4, -0.2) is 26.5 Å². The molecule has 47 heavy (non-hydrogen) atoms. The first-order valence-electron chi connectivity index (χ1n) is 15.0. The third-order valence-corrected chi connectivity index (χ3v) is 7.14. The molecule has 2 N–H and O–H groups in total. The Morgan fingerprint density at radius 2 is 0.809 bits per heavy atom. The summed E-state index contributed by atoms with van der Waals surface area (Å²) in [5, 5.41) is 26.6. The molecule has 0 saturated heterocycles. The van der Waals surface area contributed by atoms with Gasteiger partial charge in [0.2, 0.25) is 0 Å². The molecule has 230 valence electrons. The predicted molar refractivity (Wildman–Crippen MR) is 193 cm³/mol. The Labute approximate surface area is 285 Å². The van der Waals surface area contributed by atoms with Crippen LogP contribution in [0.25, 0.3) is 43.1 Å². The zero-order valence-corrected chi connectivity index (χ0v) is 27.5. The van der Waals surface area contributed by atoms with E-state index in [-0.39, 0.29) is 0 Å². The third-order valence-electron chi connectivity index (χ3n) is 7.14. The number of carbonyl (C=O) groups is 2. The van der Waals surface area contributed by atoms with Crippen molar-refractivity contribution in [3.8, 4) is 0 Å². The Morgan fingerprint density at radius 1 is 0.489 bits per heavy atom. The summed E-state index contributed by atoms with van der Waals surface area (Å²) in [7, 11) is 0. The van der Waals surface area contributed by atoms with Gasteiger partial charge in [-0.15, -0.1) is 59.3 Å². The first-order valence-corrected chi connectivity index (χ1v) is 15.9. The van der Waals surface area contributed by atoms with E-state index in [1.807, 2.05) is 91.9 Å². The van der Waals surface area contributed by atoms with Crippen LogP contribution in [0.1, 0.15) is 27.6 Å². The van der Waals surface area contributed by atoms with Crippen LogP contribution in [0, 0.1) is 0 Å². The molecule has 0 bridgehead atoms. The Hall–Kier alpha value is -5.42. The van der Waals surface area contributed by atoms with E-state index in [1.165, 1.54) is 21.5 Å². The van der Waals surface area contributed by atoms with Crippen molar-refractivity contribution in [1.82, 2.24) is 0 Å². The quantitative estimate of drug-likeness (QED) is 0.144. The minimum atomic E-state index is -0.878. The maximum atomic E-state index is 10.8. The zero-order chi connectivity index (χ0) is 33.4. The maximum Gasteiger partial charge on any atom is 0.336 e. The summed E-state index contributed by atoms with van der Waals surface area (Å²) < 4.78 is 2.00. The van der Waals surface area contributed by atoms with Crippen molar-refractivity contribution in [2.75, 3.05) is 0 Å². The predicted octanol–water partition coefficient (Wildman–Crippen LogP) is 10.5. The molecule has 0 heterocycles. The smallest absolute Gasteiger partial charge is 0.336 e. The minimum absolute atomic E-state index is 0.359. The van der Waals surface area contributed by atoms with Gasteiger partial charge in [-0.05, 0) is 33.7 Å². The number of fused-ring (bicyclic) bond motifs is 4. The largest absolute Gasteiger partial charge is 0.478 e. The summed E-state index contributed by atoms with van der Waals surface area (Å²) in [5.74, 6) is -1.76. The van der Waals surface area contributed by atoms with Crippen molar-refractivity contribution in [2.24, 2.45) is 0 Å². The number of aromatic carboxylic acids is 2. The second-order valence-corrected chi connectivity index (χ2v) is 11.2. The van der Waals surface area contributed by atoms with Crippen molar-refractivity contribution in [2.45, 2.75) is 6.92 Å². The van der Waals surface area contributed by atoms with Crippen LogP contribution < -0.4 is 0 Å². The molecule has 0 aliphatic carbocycles. The van der Waals surface area contributed by atoms with Gasteiger partial charge in [-0.25, -0.2) is 9.59 Å². The fourth-order valence-corrected chi connectivity index (χ4v) is 4.96. The maximum absolute atomic E-state index is 10.8. The molecule has 0 aliphatic rings. The molecular weight excluding hydrogens is 616 g/mol. The van der Waals surface area contributed by atoms with E-state index >= 15 is 0 Å². The monoisotopic (exact) mass is 650 g/mol. The van der Waals surface area contributed by atoms with Crippen LogP contribution in [0.4, 0.5) is 0 Å². The number of hydrogen-bond acceptors (Lipinski definition) is 2. The van der Waals surface area contributed by atoms with E-state index in [9.17, 15) is 9.59 Å². The van der Waals surface area contributed by atoms with E-state index in [0.717, 1.165) is 21.5 Å². The summed E-state index contributed by atoms with van der Waals surface area (Å²) in [6.45, 7) is 2.00. The van der Waals surface area contributed by atoms with Crippen LogP contribution in [0.5, 0.6) is 0 Å². The molecule has 0 aliphatic heterocycles. The number of carboxylic acid groups (broad SMARTS) is 2. The van der Waals surface area contributed by atoms with Crippen LogP contribution in [0.2, 0.25) is 0 Å². The standard InChI is InChI=1S/2C11H8O2.2C9H7.C2H4.Ti/c2*12-11(13)10-7-3-5-8-4-1-2-6-9(8)10;2*1-2-5-9-7-3-6-8(9)4-1;1-2;/h2*1-7H,(H,12,13);2*1-7H;1H,2H3;/q;;2*-1;;+2. The molecule has 0 fully saturated rings. The molecule has 0 aromatic heterocycles. The van der Waals surface area contributed by atoms with E-state index in [4.69, 9.17) is 10.2 Å². The van der Waals surface area contributed by atoms with Gasteiger partial charge in [0, 0.05) is 0 Å². The van der Waals surface area contributed by atoms with Crippen molar-refractivity contribution in [3.05, 3.63) is 181 Å². The average molecular weight is 651 g/mol. The average Bonchev–Trinajstić information content (AvgIpc) is 3.79. The Bertz CT molecular complexity index is 1980. The molecule has 0 saturated carbocycles. The normalized spacial score (nSPS) is 9.85. The van der Waals surface area contributed by atoms with Gasteiger partial charge in [0.05, 0.1) is 11.1 Å². The molecule has 5 heteroatoms. The second-order valence-electron chi connectivity index (χ2n) is 10.3. The van der Waals surface area contributed by atoms with Crippen molar-refractivity contribution < 1.29 is 39.8 Å². The Balaban J connectivity index is 0.000000140. The second kappa shape index (κ2) is 17.9. The molecule has 4 nitrogen and oxygen atoms in total. The molecule has 0 spiro atoms. The SMILES string of the molecule is C[CH]=[Ti+2].O=C(O)c1cccc2ccccc12.O=C(O)c1cccc2ccccc12.c1ccc2[cH-]ccc2c1.c1ccc2[cH-]ccc2c1. The van der Waals surface area contributed by atoms with Gasteiger partial charge >= 0.3 is 43.1 Å². The number of hydrogen-bond donors (Lipinski definition) is 2.